The largest absolute Gasteiger partial charge is 0.423 e. The number of nitrogens with two attached hydrogens (primary N) is 1. The first-order valence-electron chi connectivity index (χ1n) is 13.1. The fourth-order valence-electron chi connectivity index (χ4n) is 4.80. The van der Waals surface area contributed by atoms with Crippen LogP contribution in [0, 0.1) is 5.92 Å². The van der Waals surface area contributed by atoms with Crippen LogP contribution in [0.3, 0.4) is 0 Å². The highest BCUT2D eigenvalue weighted by atomic mass is 32.1. The van der Waals surface area contributed by atoms with Crippen LogP contribution in [0.5, 0.6) is 0 Å². The standard InChI is InChI=1S/C27H33N7O3S/c1-2-3-5-17-6-4-10-34(15-17)22-12-20-23(37-27(33-20)29-9-11-35)13-19(22)31-25(36)21-16-38-26(32-21)18-7-8-24(28)30-14-18/h7-8,12-14,16-17,35H,2-6,9-11,15H2,1H3,(H2,28,30)(H,29,33)(H,31,36). The van der Waals surface area contributed by atoms with Gasteiger partial charge in [0.05, 0.1) is 18.0 Å². The molecule has 0 radical (unpaired) electrons. The van der Waals surface area contributed by atoms with Gasteiger partial charge in [-0.15, -0.1) is 11.3 Å². The van der Waals surface area contributed by atoms with E-state index in [2.05, 4.69) is 37.4 Å². The number of aliphatic hydroxyl groups is 1. The number of carbonyl (C=O) groups is 1. The van der Waals surface area contributed by atoms with Crippen molar-refractivity contribution in [3.05, 3.63) is 41.5 Å². The molecular weight excluding hydrogens is 502 g/mol. The molecule has 10 nitrogen and oxygen atoms in total. The summed E-state index contributed by atoms with van der Waals surface area (Å²) in [7, 11) is 0. The maximum absolute atomic E-state index is 13.3. The minimum Gasteiger partial charge on any atom is -0.423 e. The van der Waals surface area contributed by atoms with E-state index in [1.165, 1.54) is 37.0 Å². The second-order valence-electron chi connectivity index (χ2n) is 9.57. The Kier molecular flexibility index (Phi) is 8.04. The first-order valence-corrected chi connectivity index (χ1v) is 13.9. The van der Waals surface area contributed by atoms with Gasteiger partial charge in [0.1, 0.15) is 22.0 Å². The summed E-state index contributed by atoms with van der Waals surface area (Å²) in [4.78, 5) is 28.9. The van der Waals surface area contributed by atoms with Crippen molar-refractivity contribution in [2.24, 2.45) is 5.92 Å². The molecule has 1 atom stereocenters. The molecule has 38 heavy (non-hydrogen) atoms. The number of rotatable bonds is 10. The van der Waals surface area contributed by atoms with Gasteiger partial charge in [0.2, 0.25) is 0 Å². The third-order valence-electron chi connectivity index (χ3n) is 6.74. The molecule has 1 fully saturated rings. The smallest absolute Gasteiger partial charge is 0.295 e. The van der Waals surface area contributed by atoms with Crippen LogP contribution in [0.15, 0.2) is 40.3 Å². The molecule has 0 saturated carbocycles. The third kappa shape index (κ3) is 5.89. The predicted octanol–water partition coefficient (Wildman–Crippen LogP) is 4.99. The summed E-state index contributed by atoms with van der Waals surface area (Å²) in [5.41, 5.74) is 9.66. The highest BCUT2D eigenvalue weighted by Crippen LogP contribution is 2.36. The number of unbranched alkanes of at least 4 members (excludes halogenated alkanes) is 1. The van der Waals surface area contributed by atoms with Crippen molar-refractivity contribution >= 4 is 51.6 Å². The number of hydrogen-bond acceptors (Lipinski definition) is 10. The number of thiazole rings is 1. The lowest BCUT2D eigenvalue weighted by molar-refractivity contribution is 0.102. The van der Waals surface area contributed by atoms with E-state index in [9.17, 15) is 4.79 Å². The summed E-state index contributed by atoms with van der Waals surface area (Å²) in [6.07, 6.45) is 7.60. The molecule has 4 heterocycles. The molecule has 1 aliphatic rings. The average Bonchev–Trinajstić information content (AvgIpc) is 3.58. The van der Waals surface area contributed by atoms with Gasteiger partial charge in [0, 0.05) is 42.8 Å². The van der Waals surface area contributed by atoms with Gasteiger partial charge in [-0.1, -0.05) is 19.8 Å². The van der Waals surface area contributed by atoms with Crippen LogP contribution in [-0.2, 0) is 0 Å². The molecule has 3 aromatic heterocycles. The molecule has 5 N–H and O–H groups in total. The SMILES string of the molecule is CCCCC1CCCN(c2cc3nc(NCCO)oc3cc2NC(=O)c2csc(-c3ccc(N)nc3)n2)C1. The Morgan fingerprint density at radius 2 is 2.21 bits per heavy atom. The number of pyridine rings is 1. The zero-order chi connectivity index (χ0) is 26.5. The molecule has 0 spiro atoms. The quantitative estimate of drug-likeness (QED) is 0.221. The Labute approximate surface area is 225 Å². The number of carbonyl (C=O) groups excluding carboxylic acids is 1. The summed E-state index contributed by atoms with van der Waals surface area (Å²) < 4.78 is 5.85. The van der Waals surface area contributed by atoms with Crippen LogP contribution in [0.2, 0.25) is 0 Å². The molecule has 0 aliphatic carbocycles. The number of nitrogen functional groups attached to an aromatic ring is 1. The van der Waals surface area contributed by atoms with Gasteiger partial charge in [0.25, 0.3) is 11.9 Å². The van der Waals surface area contributed by atoms with Crippen LogP contribution in [-0.4, -0.2) is 52.2 Å². The van der Waals surface area contributed by atoms with E-state index < -0.39 is 0 Å². The van der Waals surface area contributed by atoms with E-state index in [0.29, 0.717) is 51.8 Å². The topological polar surface area (TPSA) is 142 Å². The van der Waals surface area contributed by atoms with Crippen LogP contribution in [0.4, 0.5) is 23.2 Å². The lowest BCUT2D eigenvalue weighted by Gasteiger charge is -2.35. The first-order chi connectivity index (χ1) is 18.5. The second-order valence-corrected chi connectivity index (χ2v) is 10.4. The lowest BCUT2D eigenvalue weighted by Crippen LogP contribution is -2.36. The van der Waals surface area contributed by atoms with Crippen molar-refractivity contribution < 1.29 is 14.3 Å². The van der Waals surface area contributed by atoms with Crippen molar-refractivity contribution in [1.82, 2.24) is 15.0 Å². The van der Waals surface area contributed by atoms with Gasteiger partial charge in [-0.05, 0) is 43.4 Å². The van der Waals surface area contributed by atoms with Crippen molar-refractivity contribution in [2.45, 2.75) is 39.0 Å². The number of amides is 1. The lowest BCUT2D eigenvalue weighted by atomic mass is 9.92. The molecule has 200 valence electrons. The number of nitrogens with one attached hydrogen (secondary N) is 2. The monoisotopic (exact) mass is 535 g/mol. The Morgan fingerprint density at radius 3 is 3.00 bits per heavy atom. The van der Waals surface area contributed by atoms with Gasteiger partial charge in [-0.25, -0.2) is 9.97 Å². The van der Waals surface area contributed by atoms with Crippen LogP contribution in [0.25, 0.3) is 21.7 Å². The summed E-state index contributed by atoms with van der Waals surface area (Å²) >= 11 is 1.38. The first kappa shape index (κ1) is 25.9. The van der Waals surface area contributed by atoms with Crippen molar-refractivity contribution in [2.75, 3.05) is 47.5 Å². The minimum atomic E-state index is -0.297. The van der Waals surface area contributed by atoms with Gasteiger partial charge < -0.3 is 30.8 Å². The summed E-state index contributed by atoms with van der Waals surface area (Å²) in [6, 6.07) is 7.70. The van der Waals surface area contributed by atoms with E-state index in [-0.39, 0.29) is 12.5 Å². The fraction of sp³-hybridized carbons (Fsp3) is 0.407. The molecule has 1 unspecified atom stereocenters. The highest BCUT2D eigenvalue weighted by Gasteiger charge is 2.24. The Morgan fingerprint density at radius 1 is 1.32 bits per heavy atom. The van der Waals surface area contributed by atoms with Gasteiger partial charge in [-0.2, -0.15) is 4.98 Å². The van der Waals surface area contributed by atoms with E-state index in [1.807, 2.05) is 18.2 Å². The maximum atomic E-state index is 13.3. The molecule has 4 aromatic rings. The molecule has 1 amide bonds. The number of benzene rings is 1. The molecular formula is C27H33N7O3S. The Hall–Kier alpha value is -3.70. The summed E-state index contributed by atoms with van der Waals surface area (Å²) in [5, 5.41) is 17.6. The number of aromatic nitrogens is 3. The van der Waals surface area contributed by atoms with Gasteiger partial charge in [-0.3, -0.25) is 4.79 Å². The molecule has 5 rings (SSSR count). The molecule has 1 aliphatic heterocycles. The molecule has 11 heteroatoms. The van der Waals surface area contributed by atoms with Crippen molar-refractivity contribution in [3.63, 3.8) is 0 Å². The Balaban J connectivity index is 1.43. The maximum Gasteiger partial charge on any atom is 0.295 e. The highest BCUT2D eigenvalue weighted by molar-refractivity contribution is 7.13. The Bertz CT molecular complexity index is 1390. The number of aliphatic hydroxyl groups excluding tert-OH is 1. The number of oxazole rings is 1. The number of nitrogens with zero attached hydrogens (tertiary/aromatic N) is 4. The molecule has 1 saturated heterocycles. The predicted molar refractivity (Wildman–Crippen MR) is 152 cm³/mol. The molecule has 0 bridgehead atoms. The van der Waals surface area contributed by atoms with Crippen molar-refractivity contribution in [1.29, 1.82) is 0 Å². The van der Waals surface area contributed by atoms with Crippen LogP contribution >= 0.6 is 11.3 Å². The van der Waals surface area contributed by atoms with Crippen molar-refractivity contribution in [3.8, 4) is 10.6 Å². The van der Waals surface area contributed by atoms with Crippen LogP contribution in [0.1, 0.15) is 49.5 Å². The molecule has 1 aromatic carbocycles. The third-order valence-corrected chi connectivity index (χ3v) is 7.63. The van der Waals surface area contributed by atoms with Gasteiger partial charge in [0.15, 0.2) is 5.58 Å². The van der Waals surface area contributed by atoms with E-state index >= 15 is 0 Å². The van der Waals surface area contributed by atoms with Crippen LogP contribution < -0.4 is 21.3 Å². The zero-order valence-corrected chi connectivity index (χ0v) is 22.3. The van der Waals surface area contributed by atoms with E-state index in [0.717, 1.165) is 30.8 Å². The zero-order valence-electron chi connectivity index (χ0n) is 21.4. The normalized spacial score (nSPS) is 15.6. The second kappa shape index (κ2) is 11.8. The fourth-order valence-corrected chi connectivity index (χ4v) is 5.60. The minimum absolute atomic E-state index is 0.0275. The van der Waals surface area contributed by atoms with E-state index in [4.69, 9.17) is 15.3 Å². The van der Waals surface area contributed by atoms with Gasteiger partial charge >= 0.3 is 0 Å². The number of fused-ring (bicyclic) bond motifs is 1. The summed E-state index contributed by atoms with van der Waals surface area (Å²) in [6.45, 7) is 4.38. The number of piperidine rings is 1. The average molecular weight is 536 g/mol. The summed E-state index contributed by atoms with van der Waals surface area (Å²) in [5.74, 6) is 0.758. The number of hydrogen-bond donors (Lipinski definition) is 4. The number of anilines is 4. The van der Waals surface area contributed by atoms with E-state index in [1.54, 1.807) is 17.6 Å².